The van der Waals surface area contributed by atoms with Crippen LogP contribution >= 0.6 is 57.7 Å². The predicted octanol–water partition coefficient (Wildman–Crippen LogP) is 5.77. The zero-order valence-electron chi connectivity index (χ0n) is 11.9. The highest BCUT2D eigenvalue weighted by atomic mass is 35.5. The number of hydrogen-bond acceptors (Lipinski definition) is 4. The van der Waals surface area contributed by atoms with Crippen molar-refractivity contribution >= 4 is 67.8 Å². The van der Waals surface area contributed by atoms with E-state index in [2.05, 4.69) is 5.10 Å². The highest BCUT2D eigenvalue weighted by Gasteiger charge is 2.23. The zero-order chi connectivity index (χ0) is 17.6. The van der Waals surface area contributed by atoms with Crippen LogP contribution in [0.4, 0.5) is 0 Å². The molecule has 0 aliphatic carbocycles. The van der Waals surface area contributed by atoms with E-state index in [0.29, 0.717) is 30.5 Å². The van der Waals surface area contributed by atoms with Gasteiger partial charge in [0.05, 0.1) is 15.1 Å². The lowest BCUT2D eigenvalue weighted by atomic mass is 10.2. The standard InChI is InChI=1S/C14H8Cl4N2O2S2/c1-7-4-12(10(16)6-9(7)15)24(21,22)20-3-2-11(19-20)8-5-13(17)23-14(8)18/h2-6H,1H3. The molecule has 4 nitrogen and oxygen atoms in total. The van der Waals surface area contributed by atoms with Gasteiger partial charge < -0.3 is 0 Å². The molecular formula is C14H8Cl4N2O2S2. The van der Waals surface area contributed by atoms with Gasteiger partial charge in [0.2, 0.25) is 0 Å². The molecule has 0 radical (unpaired) electrons. The Morgan fingerprint density at radius 3 is 2.42 bits per heavy atom. The van der Waals surface area contributed by atoms with E-state index in [1.54, 1.807) is 19.1 Å². The smallest absolute Gasteiger partial charge is 0.199 e. The van der Waals surface area contributed by atoms with Crippen LogP contribution in [-0.4, -0.2) is 17.6 Å². The van der Waals surface area contributed by atoms with Gasteiger partial charge in [0.1, 0.15) is 9.23 Å². The maximum atomic E-state index is 12.8. The van der Waals surface area contributed by atoms with Crippen LogP contribution in [0.2, 0.25) is 18.7 Å². The average Bonchev–Trinajstić information content (AvgIpc) is 3.09. The fraction of sp³-hybridized carbons (Fsp3) is 0.0714. The van der Waals surface area contributed by atoms with Gasteiger partial charge in [-0.3, -0.25) is 0 Å². The third-order valence-electron chi connectivity index (χ3n) is 3.24. The normalized spacial score (nSPS) is 11.9. The molecule has 0 unspecified atom stereocenters. The monoisotopic (exact) mass is 440 g/mol. The highest BCUT2D eigenvalue weighted by molar-refractivity contribution is 7.90. The van der Waals surface area contributed by atoms with E-state index >= 15 is 0 Å². The number of thiophene rings is 1. The Morgan fingerprint density at radius 1 is 1.08 bits per heavy atom. The van der Waals surface area contributed by atoms with E-state index in [-0.39, 0.29) is 9.92 Å². The van der Waals surface area contributed by atoms with Crippen LogP contribution < -0.4 is 0 Å². The zero-order valence-corrected chi connectivity index (χ0v) is 16.6. The van der Waals surface area contributed by atoms with Crippen molar-refractivity contribution < 1.29 is 8.42 Å². The second-order valence-corrected chi connectivity index (χ2v) is 9.71. The van der Waals surface area contributed by atoms with Crippen LogP contribution in [0, 0.1) is 6.92 Å². The van der Waals surface area contributed by atoms with E-state index in [4.69, 9.17) is 46.4 Å². The molecule has 2 aromatic heterocycles. The predicted molar refractivity (Wildman–Crippen MR) is 99.3 cm³/mol. The summed E-state index contributed by atoms with van der Waals surface area (Å²) < 4.78 is 27.3. The van der Waals surface area contributed by atoms with Crippen LogP contribution in [0.1, 0.15) is 5.56 Å². The quantitative estimate of drug-likeness (QED) is 0.518. The van der Waals surface area contributed by atoms with Gasteiger partial charge in [0.25, 0.3) is 10.0 Å². The van der Waals surface area contributed by atoms with Gasteiger partial charge in [0.15, 0.2) is 0 Å². The van der Waals surface area contributed by atoms with Gasteiger partial charge in [-0.05, 0) is 36.8 Å². The fourth-order valence-corrected chi connectivity index (χ4v) is 5.43. The Hall–Kier alpha value is -0.760. The molecule has 126 valence electrons. The number of benzene rings is 1. The molecule has 0 bridgehead atoms. The SMILES string of the molecule is Cc1cc(S(=O)(=O)n2ccc(-c3cc(Cl)sc3Cl)n2)c(Cl)cc1Cl. The first-order valence-electron chi connectivity index (χ1n) is 6.42. The molecule has 0 saturated heterocycles. The maximum Gasteiger partial charge on any atom is 0.284 e. The molecule has 0 fully saturated rings. The maximum absolute atomic E-state index is 12.8. The molecule has 2 heterocycles. The molecule has 0 N–H and O–H groups in total. The van der Waals surface area contributed by atoms with Gasteiger partial charge in [-0.2, -0.15) is 17.6 Å². The summed E-state index contributed by atoms with van der Waals surface area (Å²) in [7, 11) is -3.96. The van der Waals surface area contributed by atoms with Crippen molar-refractivity contribution in [2.45, 2.75) is 11.8 Å². The average molecular weight is 442 g/mol. The van der Waals surface area contributed by atoms with Crippen molar-refractivity contribution in [2.75, 3.05) is 0 Å². The first-order valence-corrected chi connectivity index (χ1v) is 10.2. The molecule has 1 aromatic carbocycles. The number of halogens is 4. The van der Waals surface area contributed by atoms with E-state index in [1.165, 1.54) is 29.7 Å². The molecule has 0 aliphatic heterocycles. The number of aryl methyl sites for hydroxylation is 1. The van der Waals surface area contributed by atoms with Crippen molar-refractivity contribution in [3.63, 3.8) is 0 Å². The number of nitrogens with zero attached hydrogens (tertiary/aromatic N) is 2. The van der Waals surface area contributed by atoms with Gasteiger partial charge in [-0.15, -0.1) is 11.3 Å². The molecular weight excluding hydrogens is 434 g/mol. The first kappa shape index (κ1) is 18.0. The summed E-state index contributed by atoms with van der Waals surface area (Å²) >= 11 is 25.2. The van der Waals surface area contributed by atoms with Crippen LogP contribution in [0.25, 0.3) is 11.3 Å². The summed E-state index contributed by atoms with van der Waals surface area (Å²) in [6.45, 7) is 1.69. The largest absolute Gasteiger partial charge is 0.284 e. The minimum Gasteiger partial charge on any atom is -0.199 e. The lowest BCUT2D eigenvalue weighted by molar-refractivity contribution is 0.580. The molecule has 3 rings (SSSR count). The first-order chi connectivity index (χ1) is 11.2. The van der Waals surface area contributed by atoms with E-state index < -0.39 is 10.0 Å². The summed E-state index contributed by atoms with van der Waals surface area (Å²) in [6.07, 6.45) is 1.33. The second-order valence-electron chi connectivity index (χ2n) is 4.85. The minimum atomic E-state index is -3.96. The minimum absolute atomic E-state index is 0.0271. The van der Waals surface area contributed by atoms with E-state index in [1.807, 2.05) is 0 Å². The van der Waals surface area contributed by atoms with Crippen molar-refractivity contribution in [1.29, 1.82) is 0 Å². The van der Waals surface area contributed by atoms with Crippen LogP contribution in [0.15, 0.2) is 35.4 Å². The van der Waals surface area contributed by atoms with Crippen LogP contribution in [-0.2, 0) is 10.0 Å². The van der Waals surface area contributed by atoms with Crippen LogP contribution in [0.3, 0.4) is 0 Å². The fourth-order valence-electron chi connectivity index (χ4n) is 2.03. The second kappa shape index (κ2) is 6.52. The molecule has 24 heavy (non-hydrogen) atoms. The van der Waals surface area contributed by atoms with Crippen molar-refractivity contribution in [1.82, 2.24) is 9.19 Å². The van der Waals surface area contributed by atoms with Crippen molar-refractivity contribution in [3.8, 4) is 11.3 Å². The summed E-state index contributed by atoms with van der Waals surface area (Å²) in [5.74, 6) is 0. The number of aromatic nitrogens is 2. The van der Waals surface area contributed by atoms with E-state index in [9.17, 15) is 8.42 Å². The summed E-state index contributed by atoms with van der Waals surface area (Å²) in [6, 6.07) is 5.98. The van der Waals surface area contributed by atoms with Gasteiger partial charge in [0, 0.05) is 16.8 Å². The van der Waals surface area contributed by atoms with Crippen LogP contribution in [0.5, 0.6) is 0 Å². The number of hydrogen-bond donors (Lipinski definition) is 0. The van der Waals surface area contributed by atoms with Gasteiger partial charge in [-0.1, -0.05) is 46.4 Å². The topological polar surface area (TPSA) is 52.0 Å². The lowest BCUT2D eigenvalue weighted by Gasteiger charge is -2.08. The third kappa shape index (κ3) is 3.19. The summed E-state index contributed by atoms with van der Waals surface area (Å²) in [5.41, 5.74) is 1.56. The van der Waals surface area contributed by atoms with Gasteiger partial charge >= 0.3 is 0 Å². The number of rotatable bonds is 3. The Labute approximate surface area is 162 Å². The molecule has 0 amide bonds. The molecule has 3 aromatic rings. The summed E-state index contributed by atoms with van der Waals surface area (Å²) in [4.78, 5) is -0.0739. The third-order valence-corrected chi connectivity index (χ3v) is 7.15. The lowest BCUT2D eigenvalue weighted by Crippen LogP contribution is -2.14. The molecule has 0 aliphatic rings. The Morgan fingerprint density at radius 2 is 1.79 bits per heavy atom. The Balaban J connectivity index is 2.09. The van der Waals surface area contributed by atoms with Gasteiger partial charge in [-0.25, -0.2) is 0 Å². The molecule has 10 heteroatoms. The Kier molecular flexibility index (Phi) is 4.90. The molecule has 0 saturated carbocycles. The van der Waals surface area contributed by atoms with Crippen molar-refractivity contribution in [3.05, 3.63) is 54.7 Å². The molecule has 0 spiro atoms. The summed E-state index contributed by atoms with van der Waals surface area (Å²) in [5, 5.41) is 4.51. The Bertz CT molecular complexity index is 1040. The van der Waals surface area contributed by atoms with Crippen molar-refractivity contribution in [2.24, 2.45) is 0 Å². The highest BCUT2D eigenvalue weighted by Crippen LogP contribution is 2.37. The van der Waals surface area contributed by atoms with E-state index in [0.717, 1.165) is 4.09 Å². The molecule has 0 atom stereocenters.